The largest absolute Gasteiger partial charge is 1.00 e. The number of carboxylic acids is 3. The van der Waals surface area contributed by atoms with Crippen LogP contribution in [0.4, 0.5) is 0 Å². The summed E-state index contributed by atoms with van der Waals surface area (Å²) in [4.78, 5) is 30.3. The molecule has 0 aliphatic rings. The van der Waals surface area contributed by atoms with E-state index in [1.807, 2.05) is 0 Å². The average Bonchev–Trinajstić information content (AvgIpc) is 1.82. The molecule has 0 saturated heterocycles. The Labute approximate surface area is 223 Å². The van der Waals surface area contributed by atoms with Crippen LogP contribution in [0.3, 0.4) is 0 Å². The number of aliphatic carboxylic acids is 3. The van der Waals surface area contributed by atoms with Crippen molar-refractivity contribution >= 4 is 17.9 Å². The molecule has 0 radical (unpaired) electrons. The van der Waals surface area contributed by atoms with Gasteiger partial charge in [0.1, 0.15) is 0 Å². The third kappa shape index (κ3) is 17.3. The van der Waals surface area contributed by atoms with Crippen molar-refractivity contribution in [1.29, 1.82) is 0 Å². The monoisotopic (exact) mass is 362 g/mol. The fourth-order valence-corrected chi connectivity index (χ4v) is 0.703. The van der Waals surface area contributed by atoms with E-state index in [4.69, 9.17) is 15.3 Å². The maximum absolute atomic E-state index is 10.3. The van der Waals surface area contributed by atoms with Crippen LogP contribution in [-0.4, -0.2) is 38.8 Å². The second-order valence-corrected chi connectivity index (χ2v) is 2.46. The summed E-state index contributed by atoms with van der Waals surface area (Å²) in [6.45, 7) is 0. The van der Waals surface area contributed by atoms with Crippen molar-refractivity contribution in [3.8, 4) is 0 Å². The van der Waals surface area contributed by atoms with E-state index in [1.54, 1.807) is 0 Å². The first-order valence-electron chi connectivity index (χ1n) is 3.15. The van der Waals surface area contributed by atoms with Gasteiger partial charge in [0.25, 0.3) is 0 Å². The molecule has 0 bridgehead atoms. The van der Waals surface area contributed by atoms with Crippen LogP contribution < -0.4 is 162 Å². The minimum atomic E-state index is -2.80. The van der Waals surface area contributed by atoms with E-state index in [-0.39, 0.29) is 157 Å². The Morgan fingerprint density at radius 1 is 1.00 bits per heavy atom. The molecule has 0 aromatic rings. The van der Waals surface area contributed by atoms with Crippen molar-refractivity contribution in [3.05, 3.63) is 0 Å². The van der Waals surface area contributed by atoms with Crippen molar-refractivity contribution in [2.45, 2.75) is 18.4 Å². The summed E-state index contributed by atoms with van der Waals surface area (Å²) >= 11 is 0. The van der Waals surface area contributed by atoms with Crippen LogP contribution in [0.25, 0.3) is 0 Å². The summed E-state index contributed by atoms with van der Waals surface area (Å²) in [7, 11) is 0. The molecule has 90 valence electrons. The normalized spacial score (nSPS) is 10.5. The zero-order valence-electron chi connectivity index (χ0n) is 10.1. The van der Waals surface area contributed by atoms with Gasteiger partial charge in [-0.05, 0) is 0 Å². The first-order valence-corrected chi connectivity index (χ1v) is 3.15. The summed E-state index contributed by atoms with van der Waals surface area (Å²) in [5.41, 5.74) is -2.80. The molecule has 0 saturated carbocycles. The number of halogens is 2. The van der Waals surface area contributed by atoms with Gasteiger partial charge in [0, 0.05) is 12.4 Å². The molecule has 1 unspecified atom stereocenters. The Kier molecular flexibility index (Phi) is 38.0. The van der Waals surface area contributed by atoms with Crippen LogP contribution >= 0.6 is 0 Å². The van der Waals surface area contributed by atoms with Crippen molar-refractivity contribution in [3.63, 3.8) is 0 Å². The predicted octanol–water partition coefficient (Wildman–Crippen LogP) is -17.6. The second-order valence-electron chi connectivity index (χ2n) is 2.46. The molecule has 0 aliphatic carbocycles. The number of carbonyl (C=O) groups excluding carboxylic acids is 1. The Hall–Kier alpha value is 3.22. The van der Waals surface area contributed by atoms with E-state index in [0.29, 0.717) is 0 Å². The molecular weight excluding hydrogens is 356 g/mol. The quantitative estimate of drug-likeness (QED) is 0.413. The van der Waals surface area contributed by atoms with Crippen LogP contribution in [0.2, 0.25) is 0 Å². The summed E-state index contributed by atoms with van der Waals surface area (Å²) in [5.74, 6) is -5.34. The molecular formula is C6H7Cl2K2NaO7. The van der Waals surface area contributed by atoms with Crippen molar-refractivity contribution in [2.75, 3.05) is 0 Å². The van der Waals surface area contributed by atoms with Gasteiger partial charge in [-0.15, -0.1) is 0 Å². The number of hydrogen-bond donors (Lipinski definition) is 3. The number of carbonyl (C=O) groups is 3. The minimum Gasteiger partial charge on any atom is -1.00 e. The van der Waals surface area contributed by atoms with Gasteiger partial charge in [-0.3, -0.25) is 4.79 Å². The molecule has 0 aromatic heterocycles. The topological polar surface area (TPSA) is 135 Å². The summed E-state index contributed by atoms with van der Waals surface area (Å²) in [6.07, 6.45) is -2.44. The third-order valence-electron chi connectivity index (χ3n) is 1.28. The molecule has 1 atom stereocenters. The zero-order chi connectivity index (χ0) is 10.6. The maximum Gasteiger partial charge on any atom is 1.00 e. The molecule has 0 fully saturated rings. The van der Waals surface area contributed by atoms with Crippen molar-refractivity contribution < 1.29 is 192 Å². The number of carboxylic acid groups (broad SMARTS) is 3. The molecule has 3 N–H and O–H groups in total. The van der Waals surface area contributed by atoms with Gasteiger partial charge in [0.2, 0.25) is 0 Å². The Bertz CT molecular complexity index is 250. The molecule has 0 heterocycles. The smallest absolute Gasteiger partial charge is 1.00 e. The van der Waals surface area contributed by atoms with Gasteiger partial charge >= 0.3 is 144 Å². The van der Waals surface area contributed by atoms with Crippen LogP contribution in [0.1, 0.15) is 12.8 Å². The van der Waals surface area contributed by atoms with Gasteiger partial charge < -0.3 is 50.0 Å². The maximum atomic E-state index is 10.3. The first-order chi connectivity index (χ1) is 5.78. The minimum absolute atomic E-state index is 0. The second kappa shape index (κ2) is 18.3. The van der Waals surface area contributed by atoms with E-state index < -0.39 is 36.4 Å². The molecule has 18 heavy (non-hydrogen) atoms. The molecule has 0 spiro atoms. The Morgan fingerprint density at radius 2 is 1.33 bits per heavy atom. The molecule has 0 amide bonds. The van der Waals surface area contributed by atoms with Gasteiger partial charge in [0.05, 0.1) is 6.42 Å². The summed E-state index contributed by atoms with van der Waals surface area (Å²) in [5, 5.41) is 35.5. The standard InChI is InChI=1S/C6H8O7.2ClH.2K.Na/c7-3(8)1-6(13,5(11)12)2-4(9)10;;;;;/h13H,1-2H2,(H,7,8)(H,9,10)(H,11,12);2*1H;;;/q;;;3*+1/p-3. The third-order valence-corrected chi connectivity index (χ3v) is 1.28. The fourth-order valence-electron chi connectivity index (χ4n) is 0.703. The molecule has 12 heteroatoms. The van der Waals surface area contributed by atoms with Gasteiger partial charge in [-0.2, -0.15) is 0 Å². The van der Waals surface area contributed by atoms with Crippen LogP contribution in [-0.2, 0) is 14.4 Å². The SMILES string of the molecule is O=C([O-])CC(O)(CC(=O)O)C(=O)O.[Cl-].[Cl-].[K+].[K+].[Na+]. The fraction of sp³-hybridized carbons (Fsp3) is 0.500. The van der Waals surface area contributed by atoms with Crippen LogP contribution in [0, 0.1) is 0 Å². The predicted molar refractivity (Wildman–Crippen MR) is 34.5 cm³/mol. The molecule has 7 nitrogen and oxygen atoms in total. The average molecular weight is 363 g/mol. The molecule has 0 aromatic carbocycles. The zero-order valence-corrected chi connectivity index (χ0v) is 19.9. The van der Waals surface area contributed by atoms with E-state index in [2.05, 4.69) is 0 Å². The summed E-state index contributed by atoms with van der Waals surface area (Å²) in [6, 6.07) is 0. The van der Waals surface area contributed by atoms with E-state index in [0.717, 1.165) is 0 Å². The van der Waals surface area contributed by atoms with Crippen molar-refractivity contribution in [2.24, 2.45) is 0 Å². The number of aliphatic hydroxyl groups is 1. The van der Waals surface area contributed by atoms with Gasteiger partial charge in [0.15, 0.2) is 5.60 Å². The first kappa shape index (κ1) is 37.5. The molecule has 0 rings (SSSR count). The Morgan fingerprint density at radius 3 is 1.50 bits per heavy atom. The number of hydrogen-bond acceptors (Lipinski definition) is 5. The van der Waals surface area contributed by atoms with Gasteiger partial charge in [-0.1, -0.05) is 0 Å². The van der Waals surface area contributed by atoms with E-state index in [9.17, 15) is 19.5 Å². The van der Waals surface area contributed by atoms with E-state index in [1.165, 1.54) is 0 Å². The van der Waals surface area contributed by atoms with E-state index >= 15 is 0 Å². The van der Waals surface area contributed by atoms with Crippen molar-refractivity contribution in [1.82, 2.24) is 0 Å². The molecule has 0 aliphatic heterocycles. The number of rotatable bonds is 5. The van der Waals surface area contributed by atoms with Gasteiger partial charge in [-0.25, -0.2) is 4.79 Å². The summed E-state index contributed by atoms with van der Waals surface area (Å²) < 4.78 is 0. The van der Waals surface area contributed by atoms with Crippen LogP contribution in [0.5, 0.6) is 0 Å². The van der Waals surface area contributed by atoms with Crippen LogP contribution in [0.15, 0.2) is 0 Å². The Balaban J connectivity index is -0.0000000720.